The Morgan fingerprint density at radius 2 is 1.96 bits per heavy atom. The number of carbonyl (C=O) groups is 2. The molecule has 0 unspecified atom stereocenters. The first kappa shape index (κ1) is 16.1. The second kappa shape index (κ2) is 6.82. The molecule has 3 aromatic rings. The molecule has 6 heteroatoms. The summed E-state index contributed by atoms with van der Waals surface area (Å²) in [5, 5.41) is 4.94. The van der Waals surface area contributed by atoms with E-state index in [9.17, 15) is 9.59 Å². The number of hydrogen-bond acceptors (Lipinski definition) is 4. The quantitative estimate of drug-likeness (QED) is 0.758. The normalized spacial score (nSPS) is 12.9. The van der Waals surface area contributed by atoms with Crippen molar-refractivity contribution in [2.24, 2.45) is 0 Å². The Bertz CT molecular complexity index is 901. The fourth-order valence-electron chi connectivity index (χ4n) is 2.89. The van der Waals surface area contributed by atoms with E-state index >= 15 is 0 Å². The predicted octanol–water partition coefficient (Wildman–Crippen LogP) is 3.94. The van der Waals surface area contributed by atoms with Crippen LogP contribution < -0.4 is 10.2 Å². The lowest BCUT2D eigenvalue weighted by molar-refractivity contribution is 0.0952. The molecule has 25 heavy (non-hydrogen) atoms. The van der Waals surface area contributed by atoms with Gasteiger partial charge in [-0.15, -0.1) is 22.7 Å². The van der Waals surface area contributed by atoms with Crippen molar-refractivity contribution in [3.63, 3.8) is 0 Å². The summed E-state index contributed by atoms with van der Waals surface area (Å²) >= 11 is 3.10. The molecule has 1 N–H and O–H groups in total. The highest BCUT2D eigenvalue weighted by Crippen LogP contribution is 2.36. The molecule has 1 aromatic carbocycles. The first-order valence-corrected chi connectivity index (χ1v) is 9.72. The number of anilines is 1. The molecule has 4 nitrogen and oxygen atoms in total. The van der Waals surface area contributed by atoms with Gasteiger partial charge in [0.2, 0.25) is 0 Å². The van der Waals surface area contributed by atoms with Gasteiger partial charge in [0, 0.05) is 28.3 Å². The fraction of sp³-hybridized carbons (Fsp3) is 0.158. The lowest BCUT2D eigenvalue weighted by atomic mass is 10.2. The maximum absolute atomic E-state index is 12.7. The second-order valence-corrected chi connectivity index (χ2v) is 7.92. The van der Waals surface area contributed by atoms with Gasteiger partial charge in [0.25, 0.3) is 11.8 Å². The summed E-state index contributed by atoms with van der Waals surface area (Å²) in [5.41, 5.74) is 1.55. The number of hydrogen-bond donors (Lipinski definition) is 1. The molecule has 2 aromatic heterocycles. The van der Waals surface area contributed by atoms with Crippen molar-refractivity contribution < 1.29 is 9.59 Å². The third-order valence-electron chi connectivity index (χ3n) is 4.13. The molecule has 2 amide bonds. The van der Waals surface area contributed by atoms with Crippen molar-refractivity contribution in [2.75, 3.05) is 11.4 Å². The minimum absolute atomic E-state index is 0.0114. The standard InChI is InChI=1S/C19H16N2O2S2/c22-18(20-12-14-7-4-10-24-14)17-11-15-16(25-17)8-9-21(15)19(23)13-5-2-1-3-6-13/h1-7,10-11H,8-9,12H2,(H,20,22). The first-order valence-electron chi connectivity index (χ1n) is 8.02. The number of amides is 2. The Labute approximate surface area is 153 Å². The van der Waals surface area contributed by atoms with Crippen molar-refractivity contribution >= 4 is 40.2 Å². The molecule has 0 bridgehead atoms. The Kier molecular flexibility index (Phi) is 4.38. The molecular formula is C19H16N2O2S2. The minimum atomic E-state index is -0.0834. The summed E-state index contributed by atoms with van der Waals surface area (Å²) in [6.07, 6.45) is 0.802. The minimum Gasteiger partial charge on any atom is -0.346 e. The highest BCUT2D eigenvalue weighted by atomic mass is 32.1. The van der Waals surface area contributed by atoms with Crippen LogP contribution in [0.2, 0.25) is 0 Å². The zero-order valence-electron chi connectivity index (χ0n) is 13.4. The van der Waals surface area contributed by atoms with E-state index in [2.05, 4.69) is 5.32 Å². The largest absolute Gasteiger partial charge is 0.346 e. The molecule has 0 atom stereocenters. The van der Waals surface area contributed by atoms with Gasteiger partial charge in [-0.25, -0.2) is 0 Å². The van der Waals surface area contributed by atoms with Gasteiger partial charge in [-0.1, -0.05) is 24.3 Å². The highest BCUT2D eigenvalue weighted by Gasteiger charge is 2.29. The number of carbonyl (C=O) groups excluding carboxylic acids is 2. The van der Waals surface area contributed by atoms with Crippen LogP contribution in [-0.2, 0) is 13.0 Å². The molecule has 0 saturated heterocycles. The van der Waals surface area contributed by atoms with Crippen LogP contribution in [0.1, 0.15) is 29.8 Å². The van der Waals surface area contributed by atoms with Gasteiger partial charge in [0.1, 0.15) is 0 Å². The molecule has 126 valence electrons. The summed E-state index contributed by atoms with van der Waals surface area (Å²) in [6.45, 7) is 1.21. The monoisotopic (exact) mass is 368 g/mol. The maximum atomic E-state index is 12.7. The zero-order chi connectivity index (χ0) is 17.2. The number of fused-ring (bicyclic) bond motifs is 1. The molecular weight excluding hydrogens is 352 g/mol. The summed E-state index contributed by atoms with van der Waals surface area (Å²) in [6, 6.07) is 15.1. The van der Waals surface area contributed by atoms with Gasteiger partial charge in [0.15, 0.2) is 0 Å². The van der Waals surface area contributed by atoms with Crippen molar-refractivity contribution in [1.82, 2.24) is 5.32 Å². The zero-order valence-corrected chi connectivity index (χ0v) is 15.0. The summed E-state index contributed by atoms with van der Waals surface area (Å²) in [5.74, 6) is -0.0948. The third-order valence-corrected chi connectivity index (χ3v) is 6.19. The van der Waals surface area contributed by atoms with Gasteiger partial charge in [-0.2, -0.15) is 0 Å². The summed E-state index contributed by atoms with van der Waals surface area (Å²) in [4.78, 5) is 29.8. The van der Waals surface area contributed by atoms with E-state index in [0.29, 0.717) is 23.5 Å². The second-order valence-electron chi connectivity index (χ2n) is 5.75. The van der Waals surface area contributed by atoms with Gasteiger partial charge in [-0.05, 0) is 29.6 Å². The van der Waals surface area contributed by atoms with Crippen LogP contribution in [0, 0.1) is 0 Å². The molecule has 0 fully saturated rings. The average Bonchev–Trinajstić information content (AvgIpc) is 3.36. The molecule has 0 saturated carbocycles. The lowest BCUT2D eigenvalue weighted by Gasteiger charge is -2.16. The Morgan fingerprint density at radius 1 is 1.12 bits per heavy atom. The molecule has 0 aliphatic carbocycles. The van der Waals surface area contributed by atoms with Gasteiger partial charge >= 0.3 is 0 Å². The van der Waals surface area contributed by atoms with Gasteiger partial charge in [-0.3, -0.25) is 9.59 Å². The lowest BCUT2D eigenvalue weighted by Crippen LogP contribution is -2.29. The van der Waals surface area contributed by atoms with E-state index in [0.717, 1.165) is 21.9 Å². The van der Waals surface area contributed by atoms with Crippen molar-refractivity contribution in [3.05, 3.63) is 74.1 Å². The fourth-order valence-corrected chi connectivity index (χ4v) is 4.60. The van der Waals surface area contributed by atoms with Crippen LogP contribution in [0.5, 0.6) is 0 Å². The average molecular weight is 368 g/mol. The van der Waals surface area contributed by atoms with Crippen LogP contribution in [-0.4, -0.2) is 18.4 Å². The Hall–Kier alpha value is -2.44. The van der Waals surface area contributed by atoms with Crippen LogP contribution in [0.15, 0.2) is 53.9 Å². The molecule has 4 rings (SSSR count). The Balaban J connectivity index is 1.50. The summed E-state index contributed by atoms with van der Waals surface area (Å²) in [7, 11) is 0. The smallest absolute Gasteiger partial charge is 0.261 e. The number of rotatable bonds is 4. The van der Waals surface area contributed by atoms with Crippen molar-refractivity contribution in [1.29, 1.82) is 0 Å². The molecule has 1 aliphatic heterocycles. The molecule has 1 aliphatic rings. The van der Waals surface area contributed by atoms with E-state index in [4.69, 9.17) is 0 Å². The van der Waals surface area contributed by atoms with Crippen LogP contribution in [0.4, 0.5) is 5.69 Å². The topological polar surface area (TPSA) is 49.4 Å². The predicted molar refractivity (Wildman–Crippen MR) is 102 cm³/mol. The van der Waals surface area contributed by atoms with E-state index in [1.807, 2.05) is 53.9 Å². The van der Waals surface area contributed by atoms with Crippen LogP contribution in [0.3, 0.4) is 0 Å². The van der Waals surface area contributed by atoms with Gasteiger partial charge in [0.05, 0.1) is 17.1 Å². The van der Waals surface area contributed by atoms with Crippen molar-refractivity contribution in [2.45, 2.75) is 13.0 Å². The van der Waals surface area contributed by atoms with Crippen LogP contribution in [0.25, 0.3) is 0 Å². The van der Waals surface area contributed by atoms with Crippen LogP contribution >= 0.6 is 22.7 Å². The Morgan fingerprint density at radius 3 is 2.72 bits per heavy atom. The number of nitrogens with one attached hydrogen (secondary N) is 1. The summed E-state index contributed by atoms with van der Waals surface area (Å²) < 4.78 is 0. The number of thiophene rings is 2. The molecule has 0 spiro atoms. The first-order chi connectivity index (χ1) is 12.2. The molecule has 0 radical (unpaired) electrons. The van der Waals surface area contributed by atoms with Gasteiger partial charge < -0.3 is 10.2 Å². The number of nitrogens with zero attached hydrogens (tertiary/aromatic N) is 1. The highest BCUT2D eigenvalue weighted by molar-refractivity contribution is 7.14. The van der Waals surface area contributed by atoms with E-state index in [1.54, 1.807) is 16.2 Å². The van der Waals surface area contributed by atoms with E-state index < -0.39 is 0 Å². The maximum Gasteiger partial charge on any atom is 0.261 e. The molecule has 3 heterocycles. The number of benzene rings is 1. The SMILES string of the molecule is O=C(NCc1cccs1)c1cc2c(s1)CCN2C(=O)c1ccccc1. The van der Waals surface area contributed by atoms with Crippen molar-refractivity contribution in [3.8, 4) is 0 Å². The van der Waals surface area contributed by atoms with E-state index in [1.165, 1.54) is 11.3 Å². The van der Waals surface area contributed by atoms with E-state index in [-0.39, 0.29) is 11.8 Å². The third kappa shape index (κ3) is 3.23.